The van der Waals surface area contributed by atoms with Gasteiger partial charge < -0.3 is 10.4 Å². The summed E-state index contributed by atoms with van der Waals surface area (Å²) in [4.78, 5) is 12.6. The molecule has 5 heteroatoms. The number of rotatable bonds is 4. The normalized spacial score (nSPS) is 10.2. The highest BCUT2D eigenvalue weighted by molar-refractivity contribution is 8.00. The summed E-state index contributed by atoms with van der Waals surface area (Å²) < 4.78 is 13.4. The Morgan fingerprint density at radius 1 is 1.21 bits per heavy atom. The first kappa shape index (κ1) is 13.4. The minimum absolute atomic E-state index is 0.0662. The van der Waals surface area contributed by atoms with Gasteiger partial charge in [-0.2, -0.15) is 0 Å². The molecule has 3 nitrogen and oxygen atoms in total. The van der Waals surface area contributed by atoms with E-state index in [0.717, 1.165) is 11.0 Å². The molecular formula is C14H12FNO2S. The Bertz CT molecular complexity index is 575. The third-order valence-electron chi connectivity index (χ3n) is 2.34. The summed E-state index contributed by atoms with van der Waals surface area (Å²) >= 11 is 1.37. The molecule has 0 saturated carbocycles. The average molecular weight is 277 g/mol. The van der Waals surface area contributed by atoms with E-state index in [4.69, 9.17) is 5.11 Å². The van der Waals surface area contributed by atoms with Gasteiger partial charge in [0, 0.05) is 11.0 Å². The van der Waals surface area contributed by atoms with Crippen LogP contribution in [0, 0.1) is 5.82 Å². The lowest BCUT2D eigenvalue weighted by Gasteiger charge is -2.06. The second-order valence-electron chi connectivity index (χ2n) is 3.81. The molecule has 2 rings (SSSR count). The van der Waals surface area contributed by atoms with E-state index in [1.54, 1.807) is 0 Å². The van der Waals surface area contributed by atoms with E-state index in [-0.39, 0.29) is 23.1 Å². The van der Waals surface area contributed by atoms with Gasteiger partial charge in [0.2, 0.25) is 5.91 Å². The Morgan fingerprint density at radius 2 is 1.95 bits per heavy atom. The molecule has 0 aromatic heterocycles. The third kappa shape index (κ3) is 3.99. The number of amides is 1. The maximum atomic E-state index is 13.4. The van der Waals surface area contributed by atoms with Gasteiger partial charge in [0.05, 0.1) is 11.4 Å². The highest BCUT2D eigenvalue weighted by Gasteiger charge is 2.08. The highest BCUT2D eigenvalue weighted by atomic mass is 32.2. The van der Waals surface area contributed by atoms with Crippen LogP contribution in [-0.4, -0.2) is 16.8 Å². The molecule has 0 atom stereocenters. The first-order valence-electron chi connectivity index (χ1n) is 5.61. The Hall–Kier alpha value is -2.01. The van der Waals surface area contributed by atoms with Gasteiger partial charge in [-0.3, -0.25) is 4.79 Å². The van der Waals surface area contributed by atoms with Crippen molar-refractivity contribution in [1.82, 2.24) is 0 Å². The lowest BCUT2D eigenvalue weighted by Crippen LogP contribution is -2.14. The van der Waals surface area contributed by atoms with Crippen LogP contribution in [0.5, 0.6) is 5.75 Å². The van der Waals surface area contributed by atoms with Gasteiger partial charge in [0.1, 0.15) is 11.6 Å². The Labute approximate surface area is 114 Å². The van der Waals surface area contributed by atoms with Gasteiger partial charge in [-0.05, 0) is 24.3 Å². The predicted molar refractivity (Wildman–Crippen MR) is 73.9 cm³/mol. The molecule has 0 saturated heterocycles. The van der Waals surface area contributed by atoms with Crippen molar-refractivity contribution in [1.29, 1.82) is 0 Å². The fourth-order valence-electron chi connectivity index (χ4n) is 1.46. The molecule has 0 bridgehead atoms. The van der Waals surface area contributed by atoms with E-state index < -0.39 is 5.82 Å². The van der Waals surface area contributed by atoms with Crippen LogP contribution in [0.1, 0.15) is 0 Å². The van der Waals surface area contributed by atoms with Crippen molar-refractivity contribution >= 4 is 23.4 Å². The molecule has 2 N–H and O–H groups in total. The van der Waals surface area contributed by atoms with Gasteiger partial charge in [0.25, 0.3) is 0 Å². The summed E-state index contributed by atoms with van der Waals surface area (Å²) in [5.74, 6) is -0.921. The van der Waals surface area contributed by atoms with Crippen molar-refractivity contribution in [3.63, 3.8) is 0 Å². The van der Waals surface area contributed by atoms with E-state index >= 15 is 0 Å². The maximum Gasteiger partial charge on any atom is 0.234 e. The lowest BCUT2D eigenvalue weighted by atomic mass is 10.3. The lowest BCUT2D eigenvalue weighted by molar-refractivity contribution is -0.113. The minimum atomic E-state index is -0.655. The van der Waals surface area contributed by atoms with Crippen LogP contribution in [0.2, 0.25) is 0 Å². The standard InChI is InChI=1S/C14H12FNO2S/c15-12-8-10(17)6-7-13(12)16-14(18)9-19-11-4-2-1-3-5-11/h1-8,17H,9H2,(H,16,18). The van der Waals surface area contributed by atoms with Crippen LogP contribution in [0.4, 0.5) is 10.1 Å². The number of phenolic OH excluding ortho intramolecular Hbond substituents is 1. The molecule has 0 aliphatic heterocycles. The molecular weight excluding hydrogens is 265 g/mol. The molecule has 0 spiro atoms. The van der Waals surface area contributed by atoms with Gasteiger partial charge >= 0.3 is 0 Å². The van der Waals surface area contributed by atoms with Crippen LogP contribution >= 0.6 is 11.8 Å². The SMILES string of the molecule is O=C(CSc1ccccc1)Nc1ccc(O)cc1F. The van der Waals surface area contributed by atoms with Crippen molar-refractivity contribution in [2.75, 3.05) is 11.1 Å². The van der Waals surface area contributed by atoms with Crippen LogP contribution in [0.3, 0.4) is 0 Å². The molecule has 1 amide bonds. The molecule has 0 aliphatic carbocycles. The van der Waals surface area contributed by atoms with Crippen molar-refractivity contribution in [3.8, 4) is 5.75 Å². The average Bonchev–Trinajstić information content (AvgIpc) is 2.41. The summed E-state index contributed by atoms with van der Waals surface area (Å²) in [6.45, 7) is 0. The largest absolute Gasteiger partial charge is 0.508 e. The number of benzene rings is 2. The van der Waals surface area contributed by atoms with Crippen molar-refractivity contribution in [3.05, 3.63) is 54.3 Å². The monoisotopic (exact) mass is 277 g/mol. The van der Waals surface area contributed by atoms with E-state index in [1.165, 1.54) is 23.9 Å². The van der Waals surface area contributed by atoms with Crippen LogP contribution in [0.15, 0.2) is 53.4 Å². The van der Waals surface area contributed by atoms with E-state index in [2.05, 4.69) is 5.32 Å². The second-order valence-corrected chi connectivity index (χ2v) is 4.86. The minimum Gasteiger partial charge on any atom is -0.508 e. The number of aromatic hydroxyl groups is 1. The number of hydrogen-bond donors (Lipinski definition) is 2. The summed E-state index contributed by atoms with van der Waals surface area (Å²) in [5, 5.41) is 11.5. The molecule has 98 valence electrons. The Kier molecular flexibility index (Phi) is 4.41. The fourth-order valence-corrected chi connectivity index (χ4v) is 2.18. The molecule has 2 aromatic rings. The first-order valence-corrected chi connectivity index (χ1v) is 6.60. The summed E-state index contributed by atoms with van der Waals surface area (Å²) in [6, 6.07) is 13.1. The van der Waals surface area contributed by atoms with Crippen LogP contribution in [-0.2, 0) is 4.79 Å². The summed E-state index contributed by atoms with van der Waals surface area (Å²) in [6.07, 6.45) is 0. The molecule has 0 unspecified atom stereocenters. The van der Waals surface area contributed by atoms with E-state index in [1.807, 2.05) is 30.3 Å². The van der Waals surface area contributed by atoms with Crippen LogP contribution in [0.25, 0.3) is 0 Å². The van der Waals surface area contributed by atoms with E-state index in [0.29, 0.717) is 0 Å². The number of nitrogens with one attached hydrogen (secondary N) is 1. The molecule has 0 heterocycles. The number of carbonyl (C=O) groups is 1. The number of anilines is 1. The zero-order valence-corrected chi connectivity index (χ0v) is 10.8. The smallest absolute Gasteiger partial charge is 0.234 e. The Balaban J connectivity index is 1.91. The number of thioether (sulfide) groups is 1. The summed E-state index contributed by atoms with van der Waals surface area (Å²) in [7, 11) is 0. The van der Waals surface area contributed by atoms with Gasteiger partial charge in [-0.1, -0.05) is 18.2 Å². The van der Waals surface area contributed by atoms with Gasteiger partial charge in [-0.25, -0.2) is 4.39 Å². The van der Waals surface area contributed by atoms with Crippen molar-refractivity contribution < 1.29 is 14.3 Å². The zero-order chi connectivity index (χ0) is 13.7. The van der Waals surface area contributed by atoms with Crippen molar-refractivity contribution in [2.45, 2.75) is 4.90 Å². The number of carbonyl (C=O) groups excluding carboxylic acids is 1. The van der Waals surface area contributed by atoms with Gasteiger partial charge in [-0.15, -0.1) is 11.8 Å². The van der Waals surface area contributed by atoms with E-state index in [9.17, 15) is 9.18 Å². The molecule has 0 fully saturated rings. The van der Waals surface area contributed by atoms with Crippen LogP contribution < -0.4 is 5.32 Å². The highest BCUT2D eigenvalue weighted by Crippen LogP contribution is 2.21. The molecule has 0 aliphatic rings. The molecule has 19 heavy (non-hydrogen) atoms. The summed E-state index contributed by atoms with van der Waals surface area (Å²) in [5.41, 5.74) is 0.0662. The number of phenols is 1. The fraction of sp³-hybridized carbons (Fsp3) is 0.0714. The topological polar surface area (TPSA) is 49.3 Å². The molecule has 0 radical (unpaired) electrons. The number of halogens is 1. The number of hydrogen-bond acceptors (Lipinski definition) is 3. The third-order valence-corrected chi connectivity index (χ3v) is 3.35. The zero-order valence-electron chi connectivity index (χ0n) is 9.97. The van der Waals surface area contributed by atoms with Gasteiger partial charge in [0.15, 0.2) is 0 Å². The Morgan fingerprint density at radius 3 is 2.63 bits per heavy atom. The van der Waals surface area contributed by atoms with Crippen molar-refractivity contribution in [2.24, 2.45) is 0 Å². The predicted octanol–water partition coefficient (Wildman–Crippen LogP) is 3.26. The maximum absolute atomic E-state index is 13.4. The quantitative estimate of drug-likeness (QED) is 0.666. The molecule has 2 aromatic carbocycles. The first-order chi connectivity index (χ1) is 9.15. The second kappa shape index (κ2) is 6.24.